The number of hydrogen-bond donors (Lipinski definition) is 0. The molecule has 7 nitrogen and oxygen atoms in total. The summed E-state index contributed by atoms with van der Waals surface area (Å²) in [4.78, 5) is 12.0. The normalized spacial score (nSPS) is 16.1. The number of piperazine rings is 1. The Hall–Kier alpha value is -2.52. The standard InChI is InChI=1S/C20H24FN3O4S/c1-20(2,3)15-4-7-17(8-5-15)29(27,28)23-12-10-22(11-13-23)19-9-6-16(24(25)26)14-18(19)21/h4-9,14H,10-13H2,1-3H3. The van der Waals surface area contributed by atoms with Crippen LogP contribution in [0.25, 0.3) is 0 Å². The Morgan fingerprint density at radius 2 is 1.59 bits per heavy atom. The summed E-state index contributed by atoms with van der Waals surface area (Å²) in [7, 11) is -3.63. The lowest BCUT2D eigenvalue weighted by Crippen LogP contribution is -2.48. The molecular formula is C20H24FN3O4S. The van der Waals surface area contributed by atoms with Crippen molar-refractivity contribution in [1.82, 2.24) is 4.31 Å². The number of halogens is 1. The van der Waals surface area contributed by atoms with Crippen LogP contribution in [0.15, 0.2) is 47.4 Å². The quantitative estimate of drug-likeness (QED) is 0.557. The third kappa shape index (κ3) is 4.40. The predicted octanol–water partition coefficient (Wildman–Crippen LogP) is 3.54. The fraction of sp³-hybridized carbons (Fsp3) is 0.400. The lowest BCUT2D eigenvalue weighted by Gasteiger charge is -2.35. The third-order valence-corrected chi connectivity index (χ3v) is 6.99. The number of nitrogens with zero attached hydrogens (tertiary/aromatic N) is 3. The molecular weight excluding hydrogens is 397 g/mol. The molecule has 0 radical (unpaired) electrons. The van der Waals surface area contributed by atoms with Gasteiger partial charge in [0, 0.05) is 32.2 Å². The highest BCUT2D eigenvalue weighted by molar-refractivity contribution is 7.89. The van der Waals surface area contributed by atoms with Crippen LogP contribution >= 0.6 is 0 Å². The van der Waals surface area contributed by atoms with Crippen molar-refractivity contribution in [2.75, 3.05) is 31.1 Å². The average Bonchev–Trinajstić information content (AvgIpc) is 2.67. The van der Waals surface area contributed by atoms with Gasteiger partial charge in [-0.05, 0) is 29.2 Å². The van der Waals surface area contributed by atoms with E-state index in [9.17, 15) is 22.9 Å². The van der Waals surface area contributed by atoms with Crippen LogP contribution in [0, 0.1) is 15.9 Å². The minimum Gasteiger partial charge on any atom is -0.367 e. The molecule has 0 N–H and O–H groups in total. The fourth-order valence-corrected chi connectivity index (χ4v) is 4.73. The van der Waals surface area contributed by atoms with Crippen LogP contribution in [0.1, 0.15) is 26.3 Å². The molecule has 0 aromatic heterocycles. The first-order valence-corrected chi connectivity index (χ1v) is 10.7. The van der Waals surface area contributed by atoms with Gasteiger partial charge in [-0.3, -0.25) is 10.1 Å². The second-order valence-corrected chi connectivity index (χ2v) is 10.00. The first-order chi connectivity index (χ1) is 13.5. The van der Waals surface area contributed by atoms with Crippen LogP contribution in [0.3, 0.4) is 0 Å². The summed E-state index contributed by atoms with van der Waals surface area (Å²) < 4.78 is 41.5. The van der Waals surface area contributed by atoms with E-state index in [-0.39, 0.29) is 34.8 Å². The Labute approximate surface area is 170 Å². The molecule has 29 heavy (non-hydrogen) atoms. The zero-order valence-electron chi connectivity index (χ0n) is 16.6. The highest BCUT2D eigenvalue weighted by Crippen LogP contribution is 2.28. The second-order valence-electron chi connectivity index (χ2n) is 8.06. The van der Waals surface area contributed by atoms with Crippen molar-refractivity contribution in [2.24, 2.45) is 0 Å². The molecule has 1 aliphatic rings. The van der Waals surface area contributed by atoms with E-state index in [4.69, 9.17) is 0 Å². The van der Waals surface area contributed by atoms with E-state index >= 15 is 0 Å². The number of benzene rings is 2. The molecule has 2 aromatic rings. The van der Waals surface area contributed by atoms with Gasteiger partial charge in [-0.1, -0.05) is 32.9 Å². The van der Waals surface area contributed by atoms with E-state index in [1.54, 1.807) is 17.0 Å². The molecule has 1 aliphatic heterocycles. The fourth-order valence-electron chi connectivity index (χ4n) is 3.31. The van der Waals surface area contributed by atoms with Gasteiger partial charge in [-0.2, -0.15) is 4.31 Å². The Kier molecular flexibility index (Phi) is 5.64. The van der Waals surface area contributed by atoms with E-state index in [1.165, 1.54) is 16.4 Å². The van der Waals surface area contributed by atoms with Gasteiger partial charge in [0.15, 0.2) is 5.82 Å². The van der Waals surface area contributed by atoms with Crippen LogP contribution in [0.2, 0.25) is 0 Å². The summed E-state index contributed by atoms with van der Waals surface area (Å²) in [6.45, 7) is 7.20. The summed E-state index contributed by atoms with van der Waals surface area (Å²) in [6, 6.07) is 10.4. The van der Waals surface area contributed by atoms with Crippen molar-refractivity contribution < 1.29 is 17.7 Å². The number of nitro benzene ring substituents is 1. The zero-order valence-corrected chi connectivity index (χ0v) is 17.4. The largest absolute Gasteiger partial charge is 0.367 e. The van der Waals surface area contributed by atoms with Gasteiger partial charge in [0.1, 0.15) is 0 Å². The van der Waals surface area contributed by atoms with Crippen molar-refractivity contribution in [3.05, 3.63) is 64.0 Å². The molecule has 1 saturated heterocycles. The zero-order chi connectivity index (χ0) is 21.4. The van der Waals surface area contributed by atoms with Crippen molar-refractivity contribution in [2.45, 2.75) is 31.1 Å². The number of sulfonamides is 1. The topological polar surface area (TPSA) is 83.8 Å². The predicted molar refractivity (Wildman–Crippen MR) is 109 cm³/mol. The molecule has 1 fully saturated rings. The molecule has 0 aliphatic carbocycles. The van der Waals surface area contributed by atoms with Gasteiger partial charge in [-0.25, -0.2) is 12.8 Å². The molecule has 0 saturated carbocycles. The Balaban J connectivity index is 1.72. The molecule has 3 rings (SSSR count). The van der Waals surface area contributed by atoms with E-state index in [0.29, 0.717) is 13.1 Å². The highest BCUT2D eigenvalue weighted by Gasteiger charge is 2.30. The van der Waals surface area contributed by atoms with Crippen LogP contribution in [0.4, 0.5) is 15.8 Å². The van der Waals surface area contributed by atoms with Crippen LogP contribution in [0.5, 0.6) is 0 Å². The maximum absolute atomic E-state index is 14.2. The average molecular weight is 421 g/mol. The number of hydrogen-bond acceptors (Lipinski definition) is 5. The minimum atomic E-state index is -3.63. The summed E-state index contributed by atoms with van der Waals surface area (Å²) in [5.41, 5.74) is 0.909. The Bertz CT molecular complexity index is 1010. The third-order valence-electron chi connectivity index (χ3n) is 5.08. The first-order valence-electron chi connectivity index (χ1n) is 9.30. The second kappa shape index (κ2) is 7.72. The van der Waals surface area contributed by atoms with Gasteiger partial charge in [0.2, 0.25) is 10.0 Å². The summed E-state index contributed by atoms with van der Waals surface area (Å²) in [6.07, 6.45) is 0. The minimum absolute atomic E-state index is 0.0667. The SMILES string of the molecule is CC(C)(C)c1ccc(S(=O)(=O)N2CCN(c3ccc([N+](=O)[O-])cc3F)CC2)cc1. The van der Waals surface area contributed by atoms with E-state index in [1.807, 2.05) is 12.1 Å². The van der Waals surface area contributed by atoms with Gasteiger partial charge in [-0.15, -0.1) is 0 Å². The van der Waals surface area contributed by atoms with Crippen LogP contribution in [-0.2, 0) is 15.4 Å². The molecule has 0 unspecified atom stereocenters. The maximum atomic E-state index is 14.2. The number of non-ortho nitro benzene ring substituents is 1. The molecule has 1 heterocycles. The van der Waals surface area contributed by atoms with Crippen molar-refractivity contribution in [1.29, 1.82) is 0 Å². The van der Waals surface area contributed by atoms with E-state index < -0.39 is 20.8 Å². The highest BCUT2D eigenvalue weighted by atomic mass is 32.2. The maximum Gasteiger partial charge on any atom is 0.272 e. The molecule has 156 valence electrons. The number of anilines is 1. The molecule has 0 spiro atoms. The Morgan fingerprint density at radius 3 is 2.07 bits per heavy atom. The summed E-state index contributed by atoms with van der Waals surface area (Å²) in [5, 5.41) is 10.8. The monoisotopic (exact) mass is 421 g/mol. The van der Waals surface area contributed by atoms with Crippen LogP contribution in [-0.4, -0.2) is 43.8 Å². The summed E-state index contributed by atoms with van der Waals surface area (Å²) >= 11 is 0. The van der Waals surface area contributed by atoms with Crippen molar-refractivity contribution in [3.8, 4) is 0 Å². The van der Waals surface area contributed by atoms with Gasteiger partial charge in [0.25, 0.3) is 5.69 Å². The van der Waals surface area contributed by atoms with E-state index in [2.05, 4.69) is 20.8 Å². The van der Waals surface area contributed by atoms with Crippen molar-refractivity contribution in [3.63, 3.8) is 0 Å². The lowest BCUT2D eigenvalue weighted by molar-refractivity contribution is -0.385. The van der Waals surface area contributed by atoms with E-state index in [0.717, 1.165) is 11.6 Å². The molecule has 0 amide bonds. The summed E-state index contributed by atoms with van der Waals surface area (Å²) in [5.74, 6) is -0.687. The van der Waals surface area contributed by atoms with Crippen LogP contribution < -0.4 is 4.90 Å². The van der Waals surface area contributed by atoms with Gasteiger partial charge < -0.3 is 4.90 Å². The smallest absolute Gasteiger partial charge is 0.272 e. The lowest BCUT2D eigenvalue weighted by atomic mass is 9.87. The van der Waals surface area contributed by atoms with Crippen molar-refractivity contribution >= 4 is 21.4 Å². The Morgan fingerprint density at radius 1 is 1.00 bits per heavy atom. The molecule has 2 aromatic carbocycles. The number of rotatable bonds is 4. The molecule has 0 bridgehead atoms. The molecule has 9 heteroatoms. The van der Waals surface area contributed by atoms with Gasteiger partial charge >= 0.3 is 0 Å². The first kappa shape index (κ1) is 21.2. The number of nitro groups is 1. The molecule has 0 atom stereocenters. The van der Waals surface area contributed by atoms with Gasteiger partial charge in [0.05, 0.1) is 21.6 Å².